The summed E-state index contributed by atoms with van der Waals surface area (Å²) in [7, 11) is 0. The summed E-state index contributed by atoms with van der Waals surface area (Å²) >= 11 is 0. The van der Waals surface area contributed by atoms with Crippen LogP contribution in [0.15, 0.2) is 28.7 Å². The van der Waals surface area contributed by atoms with E-state index in [2.05, 4.69) is 15.5 Å². The van der Waals surface area contributed by atoms with Crippen molar-refractivity contribution in [3.05, 3.63) is 34.4 Å². The van der Waals surface area contributed by atoms with Crippen molar-refractivity contribution in [1.29, 1.82) is 0 Å². The molecule has 2 rings (SSSR count). The molecule has 0 bridgehead atoms. The van der Waals surface area contributed by atoms with E-state index in [4.69, 9.17) is 9.15 Å². The van der Waals surface area contributed by atoms with Gasteiger partial charge in [-0.25, -0.2) is 10.1 Å². The summed E-state index contributed by atoms with van der Waals surface area (Å²) in [6.45, 7) is 5.17. The lowest BCUT2D eigenvalue weighted by Gasteiger charge is -2.18. The van der Waals surface area contributed by atoms with Gasteiger partial charge in [0.05, 0.1) is 4.92 Å². The molecule has 0 saturated heterocycles. The maximum atomic E-state index is 11.6. The van der Waals surface area contributed by atoms with E-state index in [1.54, 1.807) is 20.8 Å². The third-order valence-corrected chi connectivity index (χ3v) is 2.36. The number of nitrogens with zero attached hydrogens (tertiary/aromatic N) is 3. The fraction of sp³-hybridized carbons (Fsp3) is 0.308. The van der Waals surface area contributed by atoms with Crippen molar-refractivity contribution in [3.63, 3.8) is 0 Å². The molecule has 0 spiro atoms. The molecule has 0 aliphatic carbocycles. The quantitative estimate of drug-likeness (QED) is 0.683. The van der Waals surface area contributed by atoms with Crippen molar-refractivity contribution in [3.8, 4) is 11.5 Å². The minimum absolute atomic E-state index is 0.0460. The van der Waals surface area contributed by atoms with Crippen molar-refractivity contribution < 1.29 is 18.9 Å². The molecule has 1 heterocycles. The number of ether oxygens (including phenoxy) is 1. The Labute approximate surface area is 125 Å². The van der Waals surface area contributed by atoms with Crippen LogP contribution >= 0.6 is 0 Å². The molecule has 0 aliphatic heterocycles. The second kappa shape index (κ2) is 5.80. The van der Waals surface area contributed by atoms with Crippen LogP contribution in [0.3, 0.4) is 0 Å². The number of rotatable bonds is 3. The average molecular weight is 306 g/mol. The summed E-state index contributed by atoms with van der Waals surface area (Å²) in [5, 5.41) is 20.3. The SMILES string of the molecule is CC(C)(C)OC(=O)Nc1nnc(-c2ccc([N+](=O)[O-])cc2)o1. The summed E-state index contributed by atoms with van der Waals surface area (Å²) in [6.07, 6.45) is -0.716. The minimum Gasteiger partial charge on any atom is -0.443 e. The molecule has 0 fully saturated rings. The van der Waals surface area contributed by atoms with Crippen molar-refractivity contribution in [2.75, 3.05) is 5.32 Å². The number of nitrogens with one attached hydrogen (secondary N) is 1. The van der Waals surface area contributed by atoms with Gasteiger partial charge in [-0.05, 0) is 32.9 Å². The van der Waals surface area contributed by atoms with E-state index in [-0.39, 0.29) is 17.6 Å². The lowest BCUT2D eigenvalue weighted by atomic mass is 10.2. The van der Waals surface area contributed by atoms with E-state index >= 15 is 0 Å². The molecular weight excluding hydrogens is 292 g/mol. The number of amides is 1. The highest BCUT2D eigenvalue weighted by Crippen LogP contribution is 2.22. The molecule has 0 atom stereocenters. The Bertz CT molecular complexity index is 687. The predicted octanol–water partition coefficient (Wildman–Crippen LogP) is 2.99. The first-order valence-corrected chi connectivity index (χ1v) is 6.33. The van der Waals surface area contributed by atoms with E-state index in [1.165, 1.54) is 24.3 Å². The zero-order valence-corrected chi connectivity index (χ0v) is 12.2. The van der Waals surface area contributed by atoms with Crippen LogP contribution in [0.2, 0.25) is 0 Å². The molecule has 0 aliphatic rings. The molecule has 1 aromatic heterocycles. The predicted molar refractivity (Wildman–Crippen MR) is 76.2 cm³/mol. The second-order valence-corrected chi connectivity index (χ2v) is 5.34. The van der Waals surface area contributed by atoms with Crippen molar-refractivity contribution in [2.24, 2.45) is 0 Å². The zero-order valence-electron chi connectivity index (χ0n) is 12.2. The Morgan fingerprint density at radius 1 is 1.27 bits per heavy atom. The van der Waals surface area contributed by atoms with Crippen LogP contribution < -0.4 is 5.32 Å². The Kier molecular flexibility index (Phi) is 4.06. The van der Waals surface area contributed by atoms with Gasteiger partial charge < -0.3 is 9.15 Å². The van der Waals surface area contributed by atoms with Gasteiger partial charge in [-0.2, -0.15) is 0 Å². The van der Waals surface area contributed by atoms with Crippen molar-refractivity contribution in [1.82, 2.24) is 10.2 Å². The summed E-state index contributed by atoms with van der Waals surface area (Å²) in [5.41, 5.74) is -0.198. The van der Waals surface area contributed by atoms with Gasteiger partial charge in [0.1, 0.15) is 5.60 Å². The van der Waals surface area contributed by atoms with Gasteiger partial charge in [-0.1, -0.05) is 5.10 Å². The van der Waals surface area contributed by atoms with Crippen LogP contribution in [0.1, 0.15) is 20.8 Å². The van der Waals surface area contributed by atoms with E-state index in [0.29, 0.717) is 5.56 Å². The second-order valence-electron chi connectivity index (χ2n) is 5.34. The lowest BCUT2D eigenvalue weighted by molar-refractivity contribution is -0.384. The van der Waals surface area contributed by atoms with Gasteiger partial charge >= 0.3 is 12.1 Å². The molecule has 2 aromatic rings. The molecule has 1 aromatic carbocycles. The number of nitro groups is 1. The number of hydrogen-bond donors (Lipinski definition) is 1. The zero-order chi connectivity index (χ0) is 16.3. The van der Waals surface area contributed by atoms with Gasteiger partial charge in [-0.15, -0.1) is 5.10 Å². The number of carbonyl (C=O) groups excluding carboxylic acids is 1. The Hall–Kier alpha value is -2.97. The molecule has 1 N–H and O–H groups in total. The largest absolute Gasteiger partial charge is 0.443 e. The number of benzene rings is 1. The van der Waals surface area contributed by atoms with Crippen molar-refractivity contribution >= 4 is 17.8 Å². The van der Waals surface area contributed by atoms with Crippen LogP contribution in [-0.4, -0.2) is 26.8 Å². The van der Waals surface area contributed by atoms with E-state index < -0.39 is 16.6 Å². The molecule has 9 nitrogen and oxygen atoms in total. The van der Waals surface area contributed by atoms with Crippen LogP contribution in [-0.2, 0) is 4.74 Å². The minimum atomic E-state index is -0.716. The molecule has 0 saturated carbocycles. The Morgan fingerprint density at radius 3 is 2.45 bits per heavy atom. The monoisotopic (exact) mass is 306 g/mol. The topological polar surface area (TPSA) is 120 Å². The van der Waals surface area contributed by atoms with Gasteiger partial charge in [0, 0.05) is 17.7 Å². The Morgan fingerprint density at radius 2 is 1.91 bits per heavy atom. The Balaban J connectivity index is 2.08. The fourth-order valence-corrected chi connectivity index (χ4v) is 1.51. The third-order valence-electron chi connectivity index (χ3n) is 2.36. The third kappa shape index (κ3) is 4.01. The van der Waals surface area contributed by atoms with Crippen LogP contribution in [0.25, 0.3) is 11.5 Å². The molecule has 0 radical (unpaired) electrons. The van der Waals surface area contributed by atoms with E-state index in [0.717, 1.165) is 0 Å². The first-order chi connectivity index (χ1) is 10.2. The van der Waals surface area contributed by atoms with E-state index in [9.17, 15) is 14.9 Å². The number of anilines is 1. The number of nitro benzene ring substituents is 1. The number of aromatic nitrogens is 2. The standard InChI is InChI=1S/C13H14N4O5/c1-13(2,3)22-12(18)14-11-16-15-10(21-11)8-4-6-9(7-5-8)17(19)20/h4-7H,1-3H3,(H,14,16,18). The smallest absolute Gasteiger partial charge is 0.415 e. The van der Waals surface area contributed by atoms with E-state index in [1.807, 2.05) is 0 Å². The van der Waals surface area contributed by atoms with Crippen LogP contribution in [0.5, 0.6) is 0 Å². The summed E-state index contributed by atoms with van der Waals surface area (Å²) < 4.78 is 10.3. The maximum absolute atomic E-state index is 11.6. The lowest BCUT2D eigenvalue weighted by Crippen LogP contribution is -2.27. The highest BCUT2D eigenvalue weighted by Gasteiger charge is 2.18. The average Bonchev–Trinajstić information content (AvgIpc) is 2.85. The highest BCUT2D eigenvalue weighted by molar-refractivity contribution is 5.82. The van der Waals surface area contributed by atoms with Crippen LogP contribution in [0, 0.1) is 10.1 Å². The molecule has 116 valence electrons. The number of hydrogen-bond acceptors (Lipinski definition) is 7. The first kappa shape index (κ1) is 15.4. The fourth-order valence-electron chi connectivity index (χ4n) is 1.51. The maximum Gasteiger partial charge on any atom is 0.415 e. The summed E-state index contributed by atoms with van der Waals surface area (Å²) in [6, 6.07) is 5.47. The molecule has 0 unspecified atom stereocenters. The molecule has 22 heavy (non-hydrogen) atoms. The number of carbonyl (C=O) groups is 1. The van der Waals surface area contributed by atoms with Gasteiger partial charge in [0.25, 0.3) is 5.69 Å². The van der Waals surface area contributed by atoms with Crippen molar-refractivity contribution in [2.45, 2.75) is 26.4 Å². The number of non-ortho nitro benzene ring substituents is 1. The molecule has 9 heteroatoms. The molecular formula is C13H14N4O5. The van der Waals surface area contributed by atoms with Gasteiger partial charge in [-0.3, -0.25) is 10.1 Å². The summed E-state index contributed by atoms with van der Waals surface area (Å²) in [4.78, 5) is 21.6. The van der Waals surface area contributed by atoms with Crippen LogP contribution in [0.4, 0.5) is 16.5 Å². The normalized spacial score (nSPS) is 11.0. The van der Waals surface area contributed by atoms with Gasteiger partial charge in [0.15, 0.2) is 0 Å². The molecule has 1 amide bonds. The highest BCUT2D eigenvalue weighted by atomic mass is 16.6. The first-order valence-electron chi connectivity index (χ1n) is 6.33. The van der Waals surface area contributed by atoms with Gasteiger partial charge in [0.2, 0.25) is 5.89 Å². The summed E-state index contributed by atoms with van der Waals surface area (Å²) in [5.74, 6) is 0.126.